The minimum Gasteiger partial charge on any atom is -0.479 e. The van der Waals surface area contributed by atoms with Crippen LogP contribution in [0.2, 0.25) is 0 Å². The molecule has 1 N–H and O–H groups in total. The first-order chi connectivity index (χ1) is 7.96. The lowest BCUT2D eigenvalue weighted by molar-refractivity contribution is -0.154. The van der Waals surface area contributed by atoms with Gasteiger partial charge in [0.25, 0.3) is 0 Å². The van der Waals surface area contributed by atoms with Crippen molar-refractivity contribution in [3.63, 3.8) is 0 Å². The van der Waals surface area contributed by atoms with E-state index in [4.69, 9.17) is 0 Å². The zero-order valence-corrected chi connectivity index (χ0v) is 11.3. The Morgan fingerprint density at radius 2 is 2.00 bits per heavy atom. The topological polar surface area (TPSA) is 57.6 Å². The number of carboxylic acids is 1. The van der Waals surface area contributed by atoms with Crippen LogP contribution in [-0.4, -0.2) is 28.9 Å². The second-order valence-electron chi connectivity index (χ2n) is 3.78. The van der Waals surface area contributed by atoms with Gasteiger partial charge in [-0.25, -0.2) is 4.79 Å². The van der Waals surface area contributed by atoms with Crippen molar-refractivity contribution in [3.8, 4) is 0 Å². The lowest BCUT2D eigenvalue weighted by Gasteiger charge is -2.34. The number of hydrogen-bond donors (Lipinski definition) is 1. The van der Waals surface area contributed by atoms with E-state index in [2.05, 4.69) is 15.9 Å². The molecule has 17 heavy (non-hydrogen) atoms. The van der Waals surface area contributed by atoms with Crippen LogP contribution in [0.4, 0.5) is 0 Å². The Morgan fingerprint density at radius 3 is 2.35 bits per heavy atom. The molecule has 0 aliphatic carbocycles. The van der Waals surface area contributed by atoms with Crippen molar-refractivity contribution in [1.29, 1.82) is 0 Å². The maximum Gasteiger partial charge on any atom is 0.334 e. The Hall–Kier alpha value is -1.36. The summed E-state index contributed by atoms with van der Waals surface area (Å²) in [6.07, 6.45) is 0.566. The Kier molecular flexibility index (Phi) is 4.28. The third-order valence-corrected chi connectivity index (χ3v) is 3.39. The number of benzene rings is 1. The van der Waals surface area contributed by atoms with Crippen LogP contribution in [0.1, 0.15) is 19.4 Å². The maximum absolute atomic E-state index is 11.5. The quantitative estimate of drug-likeness (QED) is 0.848. The summed E-state index contributed by atoms with van der Waals surface area (Å²) >= 11 is 3.29. The number of aliphatic carboxylic acids is 1. The third kappa shape index (κ3) is 2.49. The third-order valence-electron chi connectivity index (χ3n) is 2.87. The molecule has 1 rings (SSSR count). The van der Waals surface area contributed by atoms with E-state index in [1.807, 2.05) is 0 Å². The van der Waals surface area contributed by atoms with Gasteiger partial charge in [-0.2, -0.15) is 0 Å². The van der Waals surface area contributed by atoms with Gasteiger partial charge in [0.2, 0.25) is 6.41 Å². The molecular formula is C12H14BrNO3. The Morgan fingerprint density at radius 1 is 1.47 bits per heavy atom. The second-order valence-corrected chi connectivity index (χ2v) is 4.69. The molecule has 0 fully saturated rings. The van der Waals surface area contributed by atoms with Crippen molar-refractivity contribution >= 4 is 28.3 Å². The number of carbonyl (C=O) groups is 2. The molecule has 0 aromatic heterocycles. The normalized spacial score (nSPS) is 13.8. The number of carboxylic acid groups (broad SMARTS) is 1. The van der Waals surface area contributed by atoms with Crippen molar-refractivity contribution in [1.82, 2.24) is 4.90 Å². The van der Waals surface area contributed by atoms with Crippen LogP contribution in [0.3, 0.4) is 0 Å². The van der Waals surface area contributed by atoms with Gasteiger partial charge in [0.15, 0.2) is 5.54 Å². The molecule has 1 aromatic carbocycles. The van der Waals surface area contributed by atoms with Gasteiger partial charge in [-0.1, -0.05) is 28.1 Å². The maximum atomic E-state index is 11.5. The number of carbonyl (C=O) groups excluding carboxylic acids is 1. The van der Waals surface area contributed by atoms with Crippen LogP contribution in [0, 0.1) is 0 Å². The highest BCUT2D eigenvalue weighted by molar-refractivity contribution is 9.10. The molecular weight excluding hydrogens is 286 g/mol. The van der Waals surface area contributed by atoms with E-state index in [1.54, 1.807) is 31.2 Å². The minimum atomic E-state index is -1.34. The average molecular weight is 300 g/mol. The van der Waals surface area contributed by atoms with Gasteiger partial charge in [-0.15, -0.1) is 0 Å². The van der Waals surface area contributed by atoms with Crippen LogP contribution >= 0.6 is 15.9 Å². The van der Waals surface area contributed by atoms with Crippen LogP contribution < -0.4 is 0 Å². The van der Waals surface area contributed by atoms with Gasteiger partial charge in [-0.3, -0.25) is 4.79 Å². The number of hydrogen-bond acceptors (Lipinski definition) is 2. The van der Waals surface area contributed by atoms with Crippen LogP contribution in [0.25, 0.3) is 0 Å². The van der Waals surface area contributed by atoms with Crippen molar-refractivity contribution in [2.45, 2.75) is 19.4 Å². The number of amides is 1. The predicted octanol–water partition coefficient (Wildman–Crippen LogP) is 2.23. The zero-order valence-electron chi connectivity index (χ0n) is 9.68. The lowest BCUT2D eigenvalue weighted by atomic mass is 9.90. The van der Waals surface area contributed by atoms with E-state index >= 15 is 0 Å². The van der Waals surface area contributed by atoms with Gasteiger partial charge in [0.1, 0.15) is 0 Å². The molecule has 0 radical (unpaired) electrons. The first kappa shape index (κ1) is 13.7. The molecule has 0 spiro atoms. The summed E-state index contributed by atoms with van der Waals surface area (Å²) in [7, 11) is 0. The summed E-state index contributed by atoms with van der Waals surface area (Å²) in [4.78, 5) is 23.7. The minimum absolute atomic E-state index is 0.336. The number of likely N-dealkylation sites (N-methyl/N-ethyl adjacent to an activating group) is 1. The highest BCUT2D eigenvalue weighted by Gasteiger charge is 2.40. The molecule has 5 heteroatoms. The molecule has 0 aliphatic heterocycles. The summed E-state index contributed by atoms with van der Waals surface area (Å²) < 4.78 is 0.864. The molecule has 1 aromatic rings. The van der Waals surface area contributed by atoms with E-state index in [9.17, 15) is 14.7 Å². The highest BCUT2D eigenvalue weighted by Crippen LogP contribution is 2.28. The van der Waals surface area contributed by atoms with Crippen molar-refractivity contribution < 1.29 is 14.7 Å². The number of halogens is 1. The fourth-order valence-electron chi connectivity index (χ4n) is 1.68. The van der Waals surface area contributed by atoms with Crippen molar-refractivity contribution in [2.24, 2.45) is 0 Å². The lowest BCUT2D eigenvalue weighted by Crippen LogP contribution is -2.49. The van der Waals surface area contributed by atoms with Crippen LogP contribution in [0.5, 0.6) is 0 Å². The second kappa shape index (κ2) is 5.31. The Bertz CT molecular complexity index is 418. The van der Waals surface area contributed by atoms with E-state index in [-0.39, 0.29) is 0 Å². The molecule has 0 aliphatic rings. The Labute approximate surface area is 108 Å². The fourth-order valence-corrected chi connectivity index (χ4v) is 1.95. The van der Waals surface area contributed by atoms with Crippen molar-refractivity contribution in [3.05, 3.63) is 34.3 Å². The van der Waals surface area contributed by atoms with Crippen LogP contribution in [-0.2, 0) is 15.1 Å². The Balaban J connectivity index is 3.29. The summed E-state index contributed by atoms with van der Waals surface area (Å²) in [6, 6.07) is 6.92. The number of nitrogens with zero attached hydrogens (tertiary/aromatic N) is 1. The molecule has 0 heterocycles. The molecule has 0 saturated carbocycles. The molecule has 92 valence electrons. The average Bonchev–Trinajstić information content (AvgIpc) is 2.30. The van der Waals surface area contributed by atoms with Gasteiger partial charge in [-0.05, 0) is 31.5 Å². The summed E-state index contributed by atoms with van der Waals surface area (Å²) in [5.74, 6) is -1.05. The van der Waals surface area contributed by atoms with Gasteiger partial charge >= 0.3 is 5.97 Å². The van der Waals surface area contributed by atoms with E-state index in [0.29, 0.717) is 18.5 Å². The molecule has 1 unspecified atom stereocenters. The summed E-state index contributed by atoms with van der Waals surface area (Å²) in [5.41, 5.74) is -0.765. The molecule has 4 nitrogen and oxygen atoms in total. The predicted molar refractivity (Wildman–Crippen MR) is 67.6 cm³/mol. The number of rotatable bonds is 5. The van der Waals surface area contributed by atoms with E-state index < -0.39 is 11.5 Å². The summed E-state index contributed by atoms with van der Waals surface area (Å²) in [5, 5.41) is 9.38. The largest absolute Gasteiger partial charge is 0.479 e. The molecule has 0 bridgehead atoms. The van der Waals surface area contributed by atoms with Gasteiger partial charge < -0.3 is 10.0 Å². The molecule has 1 atom stereocenters. The van der Waals surface area contributed by atoms with Gasteiger partial charge in [0, 0.05) is 11.0 Å². The van der Waals surface area contributed by atoms with Crippen LogP contribution in [0.15, 0.2) is 28.7 Å². The first-order valence-corrected chi connectivity index (χ1v) is 5.97. The molecule has 1 amide bonds. The van der Waals surface area contributed by atoms with E-state index in [1.165, 1.54) is 11.8 Å². The SMILES string of the molecule is CCN(C=O)C(C)(C(=O)O)c1ccc(Br)cc1. The smallest absolute Gasteiger partial charge is 0.334 e. The highest BCUT2D eigenvalue weighted by atomic mass is 79.9. The molecule has 0 saturated heterocycles. The zero-order chi connectivity index (χ0) is 13.1. The fraction of sp³-hybridized carbons (Fsp3) is 0.333. The van der Waals surface area contributed by atoms with Gasteiger partial charge in [0.05, 0.1) is 0 Å². The first-order valence-electron chi connectivity index (χ1n) is 5.18. The summed E-state index contributed by atoms with van der Waals surface area (Å²) in [6.45, 7) is 3.60. The van der Waals surface area contributed by atoms with E-state index in [0.717, 1.165) is 4.47 Å². The van der Waals surface area contributed by atoms with Crippen molar-refractivity contribution in [2.75, 3.05) is 6.54 Å². The standard InChI is InChI=1S/C12H14BrNO3/c1-3-14(8-15)12(2,11(16)17)9-4-6-10(13)7-5-9/h4-8H,3H2,1-2H3,(H,16,17). The monoisotopic (exact) mass is 299 g/mol.